The molecule has 1 saturated heterocycles. The van der Waals surface area contributed by atoms with Crippen molar-refractivity contribution in [2.75, 3.05) is 19.3 Å². The maximum atomic E-state index is 11.3. The van der Waals surface area contributed by atoms with E-state index in [2.05, 4.69) is 69.6 Å². The first-order valence-corrected chi connectivity index (χ1v) is 10.5. The summed E-state index contributed by atoms with van der Waals surface area (Å²) >= 11 is 5.44. The van der Waals surface area contributed by atoms with Gasteiger partial charge in [0.15, 0.2) is 0 Å². The van der Waals surface area contributed by atoms with Gasteiger partial charge in [0.05, 0.1) is 12.0 Å². The van der Waals surface area contributed by atoms with Gasteiger partial charge >= 0.3 is 5.97 Å². The molecule has 1 atom stereocenters. The highest BCUT2D eigenvalue weighted by molar-refractivity contribution is 9.10. The van der Waals surface area contributed by atoms with E-state index in [0.717, 1.165) is 17.6 Å². The largest absolute Gasteiger partial charge is 0.481 e. The number of thioether (sulfide) groups is 1. The predicted molar refractivity (Wildman–Crippen MR) is 106 cm³/mol. The number of piperidine rings is 1. The highest BCUT2D eigenvalue weighted by atomic mass is 79.9. The molecule has 0 aromatic heterocycles. The molecule has 0 saturated carbocycles. The molecule has 1 heterocycles. The topological polar surface area (TPSA) is 40.5 Å². The van der Waals surface area contributed by atoms with E-state index in [-0.39, 0.29) is 12.0 Å². The Bertz CT molecular complexity index is 727. The van der Waals surface area contributed by atoms with Crippen LogP contribution in [0.4, 0.5) is 0 Å². The molecule has 0 bridgehead atoms. The Hall–Kier alpha value is -1.30. The molecular weight excluding hydrogens is 398 g/mol. The summed E-state index contributed by atoms with van der Waals surface area (Å²) in [6.07, 6.45) is 3.50. The molecule has 1 aliphatic rings. The van der Waals surface area contributed by atoms with Crippen LogP contribution in [-0.4, -0.2) is 35.3 Å². The Morgan fingerprint density at radius 1 is 1.16 bits per heavy atom. The van der Waals surface area contributed by atoms with Gasteiger partial charge in [0.25, 0.3) is 0 Å². The van der Waals surface area contributed by atoms with E-state index in [4.69, 9.17) is 0 Å². The fraction of sp³-hybridized carbons (Fsp3) is 0.350. The standard InChI is InChI=1S/C20H22BrNO2S/c1-25-16-8-6-14(7-9-16)19(17-4-2-3-5-18(17)21)22-12-10-15(11-13-22)20(23)24/h2-9,15,19H,10-13H2,1H3,(H,23,24). The molecule has 3 rings (SSSR count). The number of rotatable bonds is 5. The van der Waals surface area contributed by atoms with Gasteiger partial charge in [0.2, 0.25) is 0 Å². The third-order valence-corrected chi connectivity index (χ3v) is 6.34. The smallest absolute Gasteiger partial charge is 0.306 e. The summed E-state index contributed by atoms with van der Waals surface area (Å²) in [7, 11) is 0. The second kappa shape index (κ2) is 8.39. The van der Waals surface area contributed by atoms with Gasteiger partial charge in [0.1, 0.15) is 0 Å². The summed E-state index contributed by atoms with van der Waals surface area (Å²) < 4.78 is 1.09. The Kier molecular flexibility index (Phi) is 6.20. The van der Waals surface area contributed by atoms with Gasteiger partial charge in [0, 0.05) is 9.37 Å². The van der Waals surface area contributed by atoms with E-state index in [0.29, 0.717) is 12.8 Å². The zero-order valence-corrected chi connectivity index (χ0v) is 16.6. The van der Waals surface area contributed by atoms with Crippen molar-refractivity contribution in [3.63, 3.8) is 0 Å². The first-order chi connectivity index (χ1) is 12.1. The SMILES string of the molecule is CSc1ccc(C(c2ccccc2Br)N2CCC(C(=O)O)CC2)cc1. The number of hydrogen-bond donors (Lipinski definition) is 1. The van der Waals surface area contributed by atoms with Gasteiger partial charge in [-0.1, -0.05) is 46.3 Å². The van der Waals surface area contributed by atoms with Crippen molar-refractivity contribution in [1.82, 2.24) is 4.90 Å². The van der Waals surface area contributed by atoms with Gasteiger partial charge in [-0.3, -0.25) is 9.69 Å². The number of likely N-dealkylation sites (tertiary alicyclic amines) is 1. The molecular formula is C20H22BrNO2S. The maximum Gasteiger partial charge on any atom is 0.306 e. The van der Waals surface area contributed by atoms with Gasteiger partial charge in [-0.25, -0.2) is 0 Å². The normalized spacial score (nSPS) is 17.4. The minimum absolute atomic E-state index is 0.140. The fourth-order valence-electron chi connectivity index (χ4n) is 3.47. The molecule has 1 N–H and O–H groups in total. The molecule has 2 aromatic rings. The number of aliphatic carboxylic acids is 1. The van der Waals surface area contributed by atoms with Gasteiger partial charge in [-0.05, 0) is 61.5 Å². The van der Waals surface area contributed by atoms with Crippen molar-refractivity contribution in [3.05, 3.63) is 64.1 Å². The Morgan fingerprint density at radius 2 is 1.80 bits per heavy atom. The zero-order valence-electron chi connectivity index (χ0n) is 14.2. The summed E-state index contributed by atoms with van der Waals surface area (Å²) in [6, 6.07) is 17.2. The fourth-order valence-corrected chi connectivity index (χ4v) is 4.38. The molecule has 1 unspecified atom stereocenters. The average molecular weight is 420 g/mol. The lowest BCUT2D eigenvalue weighted by atomic mass is 9.91. The Labute approximate surface area is 161 Å². The van der Waals surface area contributed by atoms with Crippen LogP contribution in [0.15, 0.2) is 57.9 Å². The number of carbonyl (C=O) groups is 1. The number of halogens is 1. The first-order valence-electron chi connectivity index (χ1n) is 8.45. The number of carboxylic acid groups (broad SMARTS) is 1. The molecule has 1 aliphatic heterocycles. The van der Waals surface area contributed by atoms with Crippen LogP contribution >= 0.6 is 27.7 Å². The van der Waals surface area contributed by atoms with Gasteiger partial charge < -0.3 is 5.11 Å². The van der Waals surface area contributed by atoms with Crippen molar-refractivity contribution in [3.8, 4) is 0 Å². The lowest BCUT2D eigenvalue weighted by Gasteiger charge is -2.37. The minimum atomic E-state index is -0.665. The molecule has 0 aliphatic carbocycles. The lowest BCUT2D eigenvalue weighted by molar-refractivity contribution is -0.143. The highest BCUT2D eigenvalue weighted by Gasteiger charge is 2.30. The van der Waals surface area contributed by atoms with E-state index >= 15 is 0 Å². The van der Waals surface area contributed by atoms with E-state index in [1.807, 2.05) is 6.07 Å². The van der Waals surface area contributed by atoms with Crippen LogP contribution in [0.1, 0.15) is 30.0 Å². The van der Waals surface area contributed by atoms with Crippen LogP contribution in [0.25, 0.3) is 0 Å². The average Bonchev–Trinajstić information content (AvgIpc) is 2.64. The predicted octanol–water partition coefficient (Wildman–Crippen LogP) is 5.06. The number of carboxylic acids is 1. The van der Waals surface area contributed by atoms with Crippen LogP contribution in [-0.2, 0) is 4.79 Å². The highest BCUT2D eigenvalue weighted by Crippen LogP contribution is 2.36. The minimum Gasteiger partial charge on any atom is -0.481 e. The molecule has 0 spiro atoms. The van der Waals surface area contributed by atoms with Gasteiger partial charge in [-0.2, -0.15) is 0 Å². The van der Waals surface area contributed by atoms with E-state index < -0.39 is 5.97 Å². The van der Waals surface area contributed by atoms with E-state index in [1.54, 1.807) is 11.8 Å². The van der Waals surface area contributed by atoms with Crippen LogP contribution in [0.5, 0.6) is 0 Å². The maximum absolute atomic E-state index is 11.3. The number of hydrogen-bond acceptors (Lipinski definition) is 3. The summed E-state index contributed by atoms with van der Waals surface area (Å²) in [4.78, 5) is 14.9. The Balaban J connectivity index is 1.92. The third kappa shape index (κ3) is 4.27. The summed E-state index contributed by atoms with van der Waals surface area (Å²) in [5.74, 6) is -0.878. The lowest BCUT2D eigenvalue weighted by Crippen LogP contribution is -2.39. The van der Waals surface area contributed by atoms with E-state index in [1.165, 1.54) is 16.0 Å². The first kappa shape index (κ1) is 18.5. The summed E-state index contributed by atoms with van der Waals surface area (Å²) in [6.45, 7) is 1.60. The van der Waals surface area contributed by atoms with Crippen molar-refractivity contribution in [2.24, 2.45) is 5.92 Å². The molecule has 5 heteroatoms. The monoisotopic (exact) mass is 419 g/mol. The summed E-state index contributed by atoms with van der Waals surface area (Å²) in [5, 5.41) is 9.27. The molecule has 1 fully saturated rings. The van der Waals surface area contributed by atoms with Crippen molar-refractivity contribution in [1.29, 1.82) is 0 Å². The van der Waals surface area contributed by atoms with Gasteiger partial charge in [-0.15, -0.1) is 11.8 Å². The second-order valence-electron chi connectivity index (χ2n) is 6.35. The second-order valence-corrected chi connectivity index (χ2v) is 8.08. The van der Waals surface area contributed by atoms with E-state index in [9.17, 15) is 9.90 Å². The molecule has 0 amide bonds. The van der Waals surface area contributed by atoms with Crippen LogP contribution in [0.3, 0.4) is 0 Å². The van der Waals surface area contributed by atoms with Crippen molar-refractivity contribution >= 4 is 33.7 Å². The number of benzene rings is 2. The van der Waals surface area contributed by atoms with Crippen LogP contribution in [0.2, 0.25) is 0 Å². The molecule has 0 radical (unpaired) electrons. The quantitative estimate of drug-likeness (QED) is 0.687. The summed E-state index contributed by atoms with van der Waals surface area (Å²) in [5.41, 5.74) is 2.48. The molecule has 2 aromatic carbocycles. The zero-order chi connectivity index (χ0) is 17.8. The molecule has 3 nitrogen and oxygen atoms in total. The van der Waals surface area contributed by atoms with Crippen LogP contribution < -0.4 is 0 Å². The Morgan fingerprint density at radius 3 is 2.36 bits per heavy atom. The molecule has 25 heavy (non-hydrogen) atoms. The third-order valence-electron chi connectivity index (χ3n) is 4.88. The van der Waals surface area contributed by atoms with Crippen molar-refractivity contribution in [2.45, 2.75) is 23.8 Å². The molecule has 132 valence electrons. The number of nitrogens with zero attached hydrogens (tertiary/aromatic N) is 1. The van der Waals surface area contributed by atoms with Crippen LogP contribution in [0, 0.1) is 5.92 Å². The van der Waals surface area contributed by atoms with Crippen molar-refractivity contribution < 1.29 is 9.90 Å².